The Balaban J connectivity index is 1.55. The Morgan fingerprint density at radius 1 is 1.03 bits per heavy atom. The topological polar surface area (TPSA) is 91.6 Å². The molecule has 2 aromatic carbocycles. The Morgan fingerprint density at radius 2 is 1.82 bits per heavy atom. The summed E-state index contributed by atoms with van der Waals surface area (Å²) in [7, 11) is 0. The van der Waals surface area contributed by atoms with Crippen molar-refractivity contribution in [1.29, 1.82) is 0 Å². The lowest BCUT2D eigenvalue weighted by Gasteiger charge is -2.08. The summed E-state index contributed by atoms with van der Waals surface area (Å²) in [5.41, 5.74) is 0.0389. The molecule has 6 aromatic rings. The standard InChI is InChI=1S/C26H16ClF3N6O2/c1-14-10-16-13-35(12-15-6-3-2-4-7-15)34-22(16)20-21(14)32-24(38-25(20)37)18-11-19(26(28,29)30)33-36(18)23-17(27)8-5-9-31-23/h2-11,13H,12H2,1H3. The third kappa shape index (κ3) is 4.10. The van der Waals surface area contributed by atoms with E-state index in [0.717, 1.165) is 16.3 Å². The zero-order chi connectivity index (χ0) is 26.6. The number of aryl methyl sites for hydroxylation is 1. The number of halogens is 4. The number of hydrogen-bond acceptors (Lipinski definition) is 6. The Labute approximate surface area is 216 Å². The van der Waals surface area contributed by atoms with Crippen LogP contribution < -0.4 is 5.63 Å². The molecule has 0 aliphatic carbocycles. The number of aromatic nitrogens is 6. The molecule has 190 valence electrons. The van der Waals surface area contributed by atoms with Gasteiger partial charge in [0, 0.05) is 23.8 Å². The van der Waals surface area contributed by atoms with Crippen molar-refractivity contribution in [3.05, 3.63) is 99.3 Å². The van der Waals surface area contributed by atoms with E-state index in [9.17, 15) is 18.0 Å². The van der Waals surface area contributed by atoms with Crippen molar-refractivity contribution in [2.45, 2.75) is 19.6 Å². The molecule has 0 spiro atoms. The second-order valence-electron chi connectivity index (χ2n) is 8.61. The smallest absolute Gasteiger partial charge is 0.401 e. The Bertz CT molecular complexity index is 1890. The molecule has 0 amide bonds. The highest BCUT2D eigenvalue weighted by atomic mass is 35.5. The normalized spacial score (nSPS) is 12.0. The number of alkyl halides is 3. The predicted molar refractivity (Wildman–Crippen MR) is 134 cm³/mol. The van der Waals surface area contributed by atoms with E-state index in [2.05, 4.69) is 20.2 Å². The summed E-state index contributed by atoms with van der Waals surface area (Å²) in [6, 6.07) is 15.2. The second-order valence-corrected chi connectivity index (χ2v) is 9.01. The van der Waals surface area contributed by atoms with Crippen LogP contribution >= 0.6 is 11.6 Å². The SMILES string of the molecule is Cc1cc2cn(Cc3ccccc3)nc2c2c(=O)oc(-c3cc(C(F)(F)F)nn3-c3ncccc3Cl)nc12. The van der Waals surface area contributed by atoms with Crippen LogP contribution in [-0.2, 0) is 12.7 Å². The number of nitrogens with zero attached hydrogens (tertiary/aromatic N) is 6. The maximum atomic E-state index is 13.6. The van der Waals surface area contributed by atoms with Crippen LogP contribution in [0.4, 0.5) is 13.2 Å². The lowest BCUT2D eigenvalue weighted by atomic mass is 10.1. The quantitative estimate of drug-likeness (QED) is 0.282. The third-order valence-electron chi connectivity index (χ3n) is 5.96. The summed E-state index contributed by atoms with van der Waals surface area (Å²) in [5, 5.41) is 9.11. The summed E-state index contributed by atoms with van der Waals surface area (Å²) in [5.74, 6) is -0.436. The van der Waals surface area contributed by atoms with E-state index in [4.69, 9.17) is 16.0 Å². The van der Waals surface area contributed by atoms with Gasteiger partial charge in [-0.2, -0.15) is 23.4 Å². The van der Waals surface area contributed by atoms with E-state index in [-0.39, 0.29) is 33.3 Å². The second kappa shape index (κ2) is 8.80. The minimum Gasteiger partial charge on any atom is -0.401 e. The monoisotopic (exact) mass is 536 g/mol. The molecule has 4 heterocycles. The van der Waals surface area contributed by atoms with Crippen LogP contribution in [0, 0.1) is 6.92 Å². The van der Waals surface area contributed by atoms with Gasteiger partial charge in [0.15, 0.2) is 11.5 Å². The Hall–Kier alpha value is -4.51. The molecule has 0 aliphatic heterocycles. The van der Waals surface area contributed by atoms with Gasteiger partial charge in [0.1, 0.15) is 16.6 Å². The first-order valence-electron chi connectivity index (χ1n) is 11.3. The van der Waals surface area contributed by atoms with Crippen LogP contribution in [0.5, 0.6) is 0 Å². The van der Waals surface area contributed by atoms with E-state index in [0.29, 0.717) is 23.0 Å². The number of benzene rings is 2. The number of hydrogen-bond donors (Lipinski definition) is 0. The van der Waals surface area contributed by atoms with Crippen molar-refractivity contribution in [1.82, 2.24) is 29.5 Å². The lowest BCUT2D eigenvalue weighted by Crippen LogP contribution is -2.09. The molecule has 0 fully saturated rings. The van der Waals surface area contributed by atoms with Crippen molar-refractivity contribution in [2.75, 3.05) is 0 Å². The van der Waals surface area contributed by atoms with Gasteiger partial charge in [-0.25, -0.2) is 19.4 Å². The maximum absolute atomic E-state index is 13.6. The van der Waals surface area contributed by atoms with Gasteiger partial charge >= 0.3 is 11.8 Å². The lowest BCUT2D eigenvalue weighted by molar-refractivity contribution is -0.141. The van der Waals surface area contributed by atoms with Crippen molar-refractivity contribution in [3.8, 4) is 17.4 Å². The molecule has 38 heavy (non-hydrogen) atoms. The van der Waals surface area contributed by atoms with Crippen LogP contribution in [0.15, 0.2) is 76.2 Å². The van der Waals surface area contributed by atoms with Gasteiger partial charge in [-0.05, 0) is 36.2 Å². The molecule has 0 radical (unpaired) electrons. The molecule has 0 aliphatic rings. The van der Waals surface area contributed by atoms with Gasteiger partial charge in [0.2, 0.25) is 5.89 Å². The highest BCUT2D eigenvalue weighted by Crippen LogP contribution is 2.34. The molecule has 12 heteroatoms. The molecule has 6 rings (SSSR count). The number of pyridine rings is 1. The number of fused-ring (bicyclic) bond motifs is 3. The average molecular weight is 537 g/mol. The van der Waals surface area contributed by atoms with Crippen molar-refractivity contribution in [2.24, 2.45) is 0 Å². The molecule has 0 bridgehead atoms. The van der Waals surface area contributed by atoms with Gasteiger partial charge in [-0.1, -0.05) is 41.9 Å². The van der Waals surface area contributed by atoms with Crippen molar-refractivity contribution in [3.63, 3.8) is 0 Å². The number of rotatable bonds is 4. The summed E-state index contributed by atoms with van der Waals surface area (Å²) in [4.78, 5) is 21.8. The summed E-state index contributed by atoms with van der Waals surface area (Å²) < 4.78 is 48.8. The van der Waals surface area contributed by atoms with Gasteiger partial charge in [0.05, 0.1) is 17.1 Å². The first-order valence-corrected chi connectivity index (χ1v) is 11.7. The summed E-state index contributed by atoms with van der Waals surface area (Å²) in [6.45, 7) is 2.23. The van der Waals surface area contributed by atoms with Crippen LogP contribution in [0.2, 0.25) is 5.02 Å². The zero-order valence-electron chi connectivity index (χ0n) is 19.6. The van der Waals surface area contributed by atoms with Crippen molar-refractivity contribution < 1.29 is 17.6 Å². The fourth-order valence-electron chi connectivity index (χ4n) is 4.28. The molecule has 0 unspecified atom stereocenters. The zero-order valence-corrected chi connectivity index (χ0v) is 20.3. The average Bonchev–Trinajstić information content (AvgIpc) is 3.49. The predicted octanol–water partition coefficient (Wildman–Crippen LogP) is 5.81. The van der Waals surface area contributed by atoms with Crippen LogP contribution in [0.3, 0.4) is 0 Å². The van der Waals surface area contributed by atoms with Gasteiger partial charge < -0.3 is 4.42 Å². The van der Waals surface area contributed by atoms with Crippen molar-refractivity contribution >= 4 is 33.4 Å². The molecule has 0 atom stereocenters. The summed E-state index contributed by atoms with van der Waals surface area (Å²) >= 11 is 6.19. The fourth-order valence-corrected chi connectivity index (χ4v) is 4.48. The Morgan fingerprint density at radius 3 is 2.55 bits per heavy atom. The molecule has 0 N–H and O–H groups in total. The molecule has 8 nitrogen and oxygen atoms in total. The van der Waals surface area contributed by atoms with E-state index < -0.39 is 17.5 Å². The third-order valence-corrected chi connectivity index (χ3v) is 6.26. The van der Waals surface area contributed by atoms with Crippen LogP contribution in [0.25, 0.3) is 39.2 Å². The molecule has 0 saturated carbocycles. The minimum atomic E-state index is -4.77. The largest absolute Gasteiger partial charge is 0.435 e. The summed E-state index contributed by atoms with van der Waals surface area (Å²) in [6.07, 6.45) is -1.60. The first-order chi connectivity index (χ1) is 18.2. The first kappa shape index (κ1) is 23.9. The molecule has 0 saturated heterocycles. The maximum Gasteiger partial charge on any atom is 0.435 e. The van der Waals surface area contributed by atoms with Crippen LogP contribution in [-0.4, -0.2) is 29.5 Å². The van der Waals surface area contributed by atoms with Gasteiger partial charge in [-0.3, -0.25) is 4.68 Å². The van der Waals surface area contributed by atoms with Crippen LogP contribution in [0.1, 0.15) is 16.8 Å². The molecule has 4 aromatic heterocycles. The highest BCUT2D eigenvalue weighted by molar-refractivity contribution is 6.32. The van der Waals surface area contributed by atoms with E-state index >= 15 is 0 Å². The molecular formula is C26H16ClF3N6O2. The van der Waals surface area contributed by atoms with E-state index in [1.807, 2.05) is 42.6 Å². The fraction of sp³-hybridized carbons (Fsp3) is 0.115. The minimum absolute atomic E-state index is 0.0514. The molecular weight excluding hydrogens is 521 g/mol. The Kier molecular flexibility index (Phi) is 5.53. The van der Waals surface area contributed by atoms with Gasteiger partial charge in [0.25, 0.3) is 0 Å². The van der Waals surface area contributed by atoms with E-state index in [1.54, 1.807) is 11.6 Å². The van der Waals surface area contributed by atoms with E-state index in [1.165, 1.54) is 18.3 Å². The highest BCUT2D eigenvalue weighted by Gasteiger charge is 2.36. The van der Waals surface area contributed by atoms with Gasteiger partial charge in [-0.15, -0.1) is 0 Å².